The Morgan fingerprint density at radius 3 is 2.56 bits per heavy atom. The number of hydrogen-bond donors (Lipinski definition) is 2. The number of benzene rings is 2. The van der Waals surface area contributed by atoms with E-state index in [1.807, 2.05) is 24.3 Å². The minimum Gasteiger partial charge on any atom is -0.364 e. The number of hydrogen-bond acceptors (Lipinski definition) is 4. The highest BCUT2D eigenvalue weighted by Crippen LogP contribution is 2.44. The molecule has 3 amide bonds. The van der Waals surface area contributed by atoms with Crippen molar-refractivity contribution < 1.29 is 14.4 Å². The van der Waals surface area contributed by atoms with Crippen LogP contribution in [0.25, 0.3) is 10.9 Å². The van der Waals surface area contributed by atoms with Gasteiger partial charge in [-0.1, -0.05) is 41.9 Å². The largest absolute Gasteiger partial charge is 0.364 e. The molecule has 1 heterocycles. The third kappa shape index (κ3) is 4.63. The number of nitrogens with zero attached hydrogens (tertiary/aromatic N) is 3. The van der Waals surface area contributed by atoms with Crippen molar-refractivity contribution in [1.82, 2.24) is 20.0 Å². The molecule has 5 rings (SSSR count). The van der Waals surface area contributed by atoms with Crippen LogP contribution in [0.15, 0.2) is 42.5 Å². The Hall–Kier alpha value is -3.39. The number of para-hydroxylation sites is 1. The van der Waals surface area contributed by atoms with Crippen LogP contribution in [0.4, 0.5) is 0 Å². The topological polar surface area (TPSA) is 110 Å². The molecule has 3 N–H and O–H groups in total. The Kier molecular flexibility index (Phi) is 6.00. The SMILES string of the molecule is NC(=O)c1nn(CC(=O)N(CC(=O)NCc2cccc(Cl)c2C2CC2)C2CC2)c2ccccc12. The Morgan fingerprint density at radius 1 is 1.09 bits per heavy atom. The van der Waals surface area contributed by atoms with Gasteiger partial charge in [-0.15, -0.1) is 0 Å². The summed E-state index contributed by atoms with van der Waals surface area (Å²) in [7, 11) is 0. The van der Waals surface area contributed by atoms with Crippen LogP contribution in [0.2, 0.25) is 5.02 Å². The molecule has 2 aliphatic rings. The first-order chi connectivity index (χ1) is 16.4. The van der Waals surface area contributed by atoms with Gasteiger partial charge in [0, 0.05) is 23.0 Å². The molecule has 0 unspecified atom stereocenters. The van der Waals surface area contributed by atoms with E-state index < -0.39 is 5.91 Å². The molecule has 3 aromatic rings. The predicted molar refractivity (Wildman–Crippen MR) is 128 cm³/mol. The van der Waals surface area contributed by atoms with Gasteiger partial charge in [0.25, 0.3) is 5.91 Å². The fourth-order valence-corrected chi connectivity index (χ4v) is 4.77. The van der Waals surface area contributed by atoms with E-state index in [1.165, 1.54) is 4.68 Å². The van der Waals surface area contributed by atoms with Gasteiger partial charge in [0.05, 0.1) is 12.1 Å². The molecule has 0 spiro atoms. The first-order valence-electron chi connectivity index (χ1n) is 11.5. The van der Waals surface area contributed by atoms with Crippen LogP contribution in [-0.2, 0) is 22.7 Å². The maximum atomic E-state index is 13.2. The Balaban J connectivity index is 1.27. The van der Waals surface area contributed by atoms with E-state index in [9.17, 15) is 14.4 Å². The van der Waals surface area contributed by atoms with Crippen molar-refractivity contribution in [2.24, 2.45) is 5.73 Å². The molecule has 0 saturated heterocycles. The summed E-state index contributed by atoms with van der Waals surface area (Å²) in [6, 6.07) is 13.0. The van der Waals surface area contributed by atoms with E-state index in [4.69, 9.17) is 17.3 Å². The summed E-state index contributed by atoms with van der Waals surface area (Å²) in [5, 5.41) is 8.57. The summed E-state index contributed by atoms with van der Waals surface area (Å²) in [6.07, 6.45) is 3.97. The highest BCUT2D eigenvalue weighted by Gasteiger charge is 2.34. The molecule has 0 bridgehead atoms. The number of aromatic nitrogens is 2. The second kappa shape index (κ2) is 9.10. The number of carbonyl (C=O) groups excluding carboxylic acids is 3. The molecule has 8 nitrogen and oxygen atoms in total. The van der Waals surface area contributed by atoms with Crippen molar-refractivity contribution in [3.8, 4) is 0 Å². The molecule has 0 radical (unpaired) electrons. The van der Waals surface area contributed by atoms with E-state index >= 15 is 0 Å². The smallest absolute Gasteiger partial charge is 0.269 e. The van der Waals surface area contributed by atoms with Gasteiger partial charge in [-0.05, 0) is 54.9 Å². The van der Waals surface area contributed by atoms with Gasteiger partial charge >= 0.3 is 0 Å². The average molecular weight is 480 g/mol. The summed E-state index contributed by atoms with van der Waals surface area (Å²) >= 11 is 6.39. The summed E-state index contributed by atoms with van der Waals surface area (Å²) in [5.41, 5.74) is 8.39. The molecule has 34 heavy (non-hydrogen) atoms. The van der Waals surface area contributed by atoms with E-state index in [0.29, 0.717) is 23.4 Å². The number of halogens is 1. The Bertz CT molecular complexity index is 1280. The monoisotopic (exact) mass is 479 g/mol. The standard InChI is InChI=1S/C25H26ClN5O3/c26-19-6-3-4-16(23(19)15-8-9-15)12-28-21(32)13-30(17-10-11-17)22(33)14-31-20-7-2-1-5-18(20)24(29-31)25(27)34/h1-7,15,17H,8-14H2,(H2,27,34)(H,28,32). The summed E-state index contributed by atoms with van der Waals surface area (Å²) in [5.74, 6) is -0.611. The van der Waals surface area contributed by atoms with Crippen molar-refractivity contribution >= 4 is 40.2 Å². The molecule has 1 aromatic heterocycles. The van der Waals surface area contributed by atoms with Crippen molar-refractivity contribution in [2.75, 3.05) is 6.54 Å². The number of primary amides is 1. The zero-order chi connectivity index (χ0) is 23.8. The quantitative estimate of drug-likeness (QED) is 0.491. The molecule has 176 valence electrons. The number of carbonyl (C=O) groups is 3. The first kappa shape index (κ1) is 22.4. The molecule has 2 saturated carbocycles. The van der Waals surface area contributed by atoms with Crippen molar-refractivity contribution in [3.05, 3.63) is 64.3 Å². The van der Waals surface area contributed by atoms with Crippen LogP contribution in [0, 0.1) is 0 Å². The van der Waals surface area contributed by atoms with Gasteiger partial charge < -0.3 is 16.0 Å². The van der Waals surface area contributed by atoms with Crippen LogP contribution in [0.3, 0.4) is 0 Å². The number of fused-ring (bicyclic) bond motifs is 1. The molecule has 0 aliphatic heterocycles. The van der Waals surface area contributed by atoms with Crippen molar-refractivity contribution in [2.45, 2.75) is 50.7 Å². The van der Waals surface area contributed by atoms with Crippen molar-refractivity contribution in [3.63, 3.8) is 0 Å². The Labute approximate surface area is 202 Å². The zero-order valence-corrected chi connectivity index (χ0v) is 19.4. The normalized spacial score (nSPS) is 15.3. The Morgan fingerprint density at radius 2 is 1.85 bits per heavy atom. The van der Waals surface area contributed by atoms with E-state index in [1.54, 1.807) is 23.1 Å². The van der Waals surface area contributed by atoms with Crippen LogP contribution in [0.1, 0.15) is 53.2 Å². The van der Waals surface area contributed by atoms with Gasteiger partial charge in [-0.25, -0.2) is 0 Å². The maximum Gasteiger partial charge on any atom is 0.269 e. The lowest BCUT2D eigenvalue weighted by Gasteiger charge is -2.22. The third-order valence-corrected chi connectivity index (χ3v) is 6.73. The second-order valence-electron chi connectivity index (χ2n) is 9.00. The molecular formula is C25H26ClN5O3. The number of nitrogens with one attached hydrogen (secondary N) is 1. The molecule has 0 atom stereocenters. The lowest BCUT2D eigenvalue weighted by Crippen LogP contribution is -2.43. The molecule has 2 fully saturated rings. The molecule has 2 aliphatic carbocycles. The molecule has 2 aromatic carbocycles. The van der Waals surface area contributed by atoms with Gasteiger partial charge in [-0.3, -0.25) is 19.1 Å². The highest BCUT2D eigenvalue weighted by molar-refractivity contribution is 6.31. The van der Waals surface area contributed by atoms with Gasteiger partial charge in [0.15, 0.2) is 5.69 Å². The maximum absolute atomic E-state index is 13.2. The van der Waals surface area contributed by atoms with Gasteiger partial charge in [-0.2, -0.15) is 5.10 Å². The van der Waals surface area contributed by atoms with Crippen molar-refractivity contribution in [1.29, 1.82) is 0 Å². The van der Waals surface area contributed by atoms with Crippen LogP contribution >= 0.6 is 11.6 Å². The van der Waals surface area contributed by atoms with Gasteiger partial charge in [0.2, 0.25) is 11.8 Å². The fourth-order valence-electron chi connectivity index (χ4n) is 4.43. The summed E-state index contributed by atoms with van der Waals surface area (Å²) < 4.78 is 1.49. The fraction of sp³-hybridized carbons (Fsp3) is 0.360. The average Bonchev–Trinajstić information content (AvgIpc) is 3.74. The van der Waals surface area contributed by atoms with E-state index in [-0.39, 0.29) is 36.6 Å². The predicted octanol–water partition coefficient (Wildman–Crippen LogP) is 2.97. The zero-order valence-electron chi connectivity index (χ0n) is 18.7. The minimum atomic E-state index is -0.646. The van der Waals surface area contributed by atoms with E-state index in [0.717, 1.165) is 41.8 Å². The van der Waals surface area contributed by atoms with Crippen LogP contribution in [0.5, 0.6) is 0 Å². The lowest BCUT2D eigenvalue weighted by atomic mass is 10.0. The molecule has 9 heteroatoms. The lowest BCUT2D eigenvalue weighted by molar-refractivity contribution is -0.137. The van der Waals surface area contributed by atoms with Gasteiger partial charge in [0.1, 0.15) is 6.54 Å². The molecular weight excluding hydrogens is 454 g/mol. The van der Waals surface area contributed by atoms with Crippen LogP contribution < -0.4 is 11.1 Å². The van der Waals surface area contributed by atoms with Crippen LogP contribution in [-0.4, -0.2) is 45.0 Å². The number of rotatable bonds is 9. The minimum absolute atomic E-state index is 0.0231. The first-order valence-corrected chi connectivity index (χ1v) is 11.9. The second-order valence-corrected chi connectivity index (χ2v) is 9.41. The number of nitrogens with two attached hydrogens (primary N) is 1. The third-order valence-electron chi connectivity index (χ3n) is 6.40. The summed E-state index contributed by atoms with van der Waals surface area (Å²) in [4.78, 5) is 39.3. The number of amides is 3. The summed E-state index contributed by atoms with van der Waals surface area (Å²) in [6.45, 7) is 0.284. The highest BCUT2D eigenvalue weighted by atomic mass is 35.5. The van der Waals surface area contributed by atoms with E-state index in [2.05, 4.69) is 10.4 Å².